The number of aromatic nitrogens is 1. The molecule has 3 aliphatic heterocycles. The number of likely N-dealkylation sites (tertiary alicyclic amines) is 1. The molecule has 0 saturated carbocycles. The highest BCUT2D eigenvalue weighted by Gasteiger charge is 2.47. The first kappa shape index (κ1) is 57.9. The fourth-order valence-corrected chi connectivity index (χ4v) is 11.3. The molecule has 1 aromatic heterocycles. The van der Waals surface area contributed by atoms with Crippen molar-refractivity contribution in [1.29, 1.82) is 5.26 Å². The lowest BCUT2D eigenvalue weighted by Gasteiger charge is -2.27. The van der Waals surface area contributed by atoms with Gasteiger partial charge in [0.15, 0.2) is 5.71 Å². The maximum atomic E-state index is 13.9. The van der Waals surface area contributed by atoms with Gasteiger partial charge in [-0.25, -0.2) is 8.78 Å². The number of nitriles is 1. The van der Waals surface area contributed by atoms with Crippen molar-refractivity contribution in [2.45, 2.75) is 109 Å². The summed E-state index contributed by atoms with van der Waals surface area (Å²) >= 11 is 0. The van der Waals surface area contributed by atoms with Crippen LogP contribution >= 0.6 is 0 Å². The van der Waals surface area contributed by atoms with Crippen LogP contribution in [0.25, 0.3) is 10.9 Å². The van der Waals surface area contributed by atoms with Crippen LogP contribution in [0.4, 0.5) is 20.2 Å². The second-order valence-corrected chi connectivity index (χ2v) is 22.5. The summed E-state index contributed by atoms with van der Waals surface area (Å²) in [7, 11) is -4.01. The van der Waals surface area contributed by atoms with E-state index in [0.29, 0.717) is 81.7 Å². The van der Waals surface area contributed by atoms with Crippen molar-refractivity contribution in [2.24, 2.45) is 0 Å². The van der Waals surface area contributed by atoms with Crippen LogP contribution < -0.4 is 20.3 Å². The molecule has 0 radical (unpaired) electrons. The van der Waals surface area contributed by atoms with Crippen LogP contribution in [0.2, 0.25) is 0 Å². The van der Waals surface area contributed by atoms with Gasteiger partial charge in [-0.3, -0.25) is 23.9 Å². The van der Waals surface area contributed by atoms with Gasteiger partial charge < -0.3 is 30.1 Å². The molecule has 1 saturated heterocycles. The first-order chi connectivity index (χ1) is 36.8. The van der Waals surface area contributed by atoms with E-state index in [-0.39, 0.29) is 28.1 Å². The molecule has 410 valence electrons. The fourth-order valence-electron chi connectivity index (χ4n) is 10.7. The summed E-state index contributed by atoms with van der Waals surface area (Å²) in [5, 5.41) is 15.6. The number of pyridine rings is 1. The third-order valence-electron chi connectivity index (χ3n) is 14.8. The maximum Gasteiger partial charge on any atom is 0.268 e. The van der Waals surface area contributed by atoms with Crippen molar-refractivity contribution in [3.63, 3.8) is 0 Å². The number of rotatable bonds is 26. The highest BCUT2D eigenvalue weighted by molar-refractivity contribution is 7.85. The molecule has 3 amide bonds. The second-order valence-electron chi connectivity index (χ2n) is 20.9. The number of ether oxygens (including phenoxy) is 1. The summed E-state index contributed by atoms with van der Waals surface area (Å²) in [4.78, 5) is 48.4. The molecule has 18 heteroatoms. The molecule has 0 unspecified atom stereocenters. The average molecular weight is 1080 g/mol. The molecule has 1 fully saturated rings. The maximum absolute atomic E-state index is 13.9. The van der Waals surface area contributed by atoms with Crippen LogP contribution in [-0.2, 0) is 30.5 Å². The van der Waals surface area contributed by atoms with Gasteiger partial charge in [-0.2, -0.15) is 18.3 Å². The van der Waals surface area contributed by atoms with E-state index in [1.807, 2.05) is 24.0 Å². The van der Waals surface area contributed by atoms with E-state index in [9.17, 15) is 41.4 Å². The summed E-state index contributed by atoms with van der Waals surface area (Å²) in [5.74, 6) is -4.09. The largest absolute Gasteiger partial charge is 0.494 e. The molecule has 0 bridgehead atoms. The van der Waals surface area contributed by atoms with E-state index in [4.69, 9.17) is 4.74 Å². The van der Waals surface area contributed by atoms with Crippen LogP contribution in [0.15, 0.2) is 115 Å². The quantitative estimate of drug-likeness (QED) is 0.0236. The number of unbranched alkanes of at least 4 members (excludes halogenated alkanes) is 3. The van der Waals surface area contributed by atoms with Crippen LogP contribution in [0, 0.1) is 11.3 Å². The monoisotopic (exact) mass is 1080 g/mol. The third-order valence-corrected chi connectivity index (χ3v) is 15.6. The van der Waals surface area contributed by atoms with Crippen molar-refractivity contribution in [1.82, 2.24) is 25.4 Å². The molecule has 3 aliphatic rings. The highest BCUT2D eigenvalue weighted by atomic mass is 32.2. The van der Waals surface area contributed by atoms with Crippen LogP contribution in [-0.4, -0.2) is 132 Å². The number of halogens is 2. The Kier molecular flexibility index (Phi) is 19.2. The van der Waals surface area contributed by atoms with E-state index < -0.39 is 53.4 Å². The van der Waals surface area contributed by atoms with Gasteiger partial charge in [0.25, 0.3) is 21.9 Å². The Hall–Kier alpha value is -6.81. The Balaban J connectivity index is 0.844. The van der Waals surface area contributed by atoms with E-state index in [0.717, 1.165) is 42.1 Å². The first-order valence-corrected chi connectivity index (χ1v) is 28.3. The number of allylic oxidation sites excluding steroid dienone is 6. The summed E-state index contributed by atoms with van der Waals surface area (Å²) in [5.41, 5.74) is 7.46. The summed E-state index contributed by atoms with van der Waals surface area (Å²) in [6, 6.07) is 24.1. The van der Waals surface area contributed by atoms with Gasteiger partial charge >= 0.3 is 0 Å². The van der Waals surface area contributed by atoms with Crippen LogP contribution in [0.3, 0.4) is 0 Å². The van der Waals surface area contributed by atoms with Gasteiger partial charge in [0, 0.05) is 91.5 Å². The van der Waals surface area contributed by atoms with Gasteiger partial charge in [-0.05, 0) is 101 Å². The van der Waals surface area contributed by atoms with E-state index in [1.165, 1.54) is 34.8 Å². The third kappa shape index (κ3) is 14.4. The fraction of sp³-hybridized carbons (Fsp3) is 0.458. The summed E-state index contributed by atoms with van der Waals surface area (Å²) in [6.45, 7) is 13.9. The molecule has 0 spiro atoms. The number of hydrogen-bond donors (Lipinski definition) is 3. The Morgan fingerprint density at radius 2 is 1.70 bits per heavy atom. The van der Waals surface area contributed by atoms with Crippen molar-refractivity contribution in [3.05, 3.63) is 132 Å². The van der Waals surface area contributed by atoms with Crippen molar-refractivity contribution < 1.29 is 45.4 Å². The number of carbonyl (C=O) groups excluding carboxylic acids is 3. The Labute approximate surface area is 452 Å². The molecule has 15 nitrogen and oxygen atoms in total. The summed E-state index contributed by atoms with van der Waals surface area (Å²) in [6.07, 6.45) is 16.1. The van der Waals surface area contributed by atoms with Crippen LogP contribution in [0.1, 0.15) is 107 Å². The lowest BCUT2D eigenvalue weighted by molar-refractivity contribution is -0.438. The zero-order chi connectivity index (χ0) is 55.4. The van der Waals surface area contributed by atoms with Crippen LogP contribution in [0.5, 0.6) is 5.75 Å². The second kappa shape index (κ2) is 25.6. The normalized spacial score (nSPS) is 17.9. The topological polar surface area (TPSA) is 188 Å². The zero-order valence-electron chi connectivity index (χ0n) is 44.9. The molecule has 3 N–H and O–H groups in total. The number of hydrogen-bond acceptors (Lipinski definition) is 10. The summed E-state index contributed by atoms with van der Waals surface area (Å²) < 4.78 is 68.2. The van der Waals surface area contributed by atoms with Gasteiger partial charge in [0.05, 0.1) is 48.0 Å². The zero-order valence-corrected chi connectivity index (χ0v) is 45.8. The molecular formula is C59H73F2N8O7S+. The Morgan fingerprint density at radius 1 is 0.935 bits per heavy atom. The Bertz CT molecular complexity index is 3070. The van der Waals surface area contributed by atoms with Gasteiger partial charge in [-0.15, -0.1) is 0 Å². The number of carbonyl (C=O) groups is 3. The van der Waals surface area contributed by atoms with Gasteiger partial charge in [0.1, 0.15) is 18.3 Å². The van der Waals surface area contributed by atoms with Gasteiger partial charge in [-0.1, -0.05) is 68.5 Å². The molecule has 4 aromatic rings. The number of nitrogens with one attached hydrogen (secondary N) is 2. The number of benzene rings is 3. The van der Waals surface area contributed by atoms with Crippen molar-refractivity contribution in [2.75, 3.05) is 69.6 Å². The van der Waals surface area contributed by atoms with Crippen molar-refractivity contribution >= 4 is 55.8 Å². The predicted octanol–water partition coefficient (Wildman–Crippen LogP) is 9.03. The molecule has 4 heterocycles. The molecule has 3 aromatic carbocycles. The van der Waals surface area contributed by atoms with Gasteiger partial charge in [0.2, 0.25) is 17.5 Å². The number of anilines is 1. The first-order valence-electron chi connectivity index (χ1n) is 26.7. The SMILES string of the molecule is CCN(CCNCCCOc1ccc2nccc(C(=O)NCC(=O)N3CC(F)(F)C[C@H]3C#N)c2c1)C(=O)CCCCC[N+]1=C(/C=C/C=C/C=C2\N(CCCCS(=O)(=O)O)c3ccccc3C2(C)C)C(C)(C)c2ccccc21. The average Bonchev–Trinajstić information content (AvgIpc) is 3.95. The number of alkyl halides is 2. The minimum absolute atomic E-state index is 0.140. The number of nitrogens with zero attached hydrogens (tertiary/aromatic N) is 6. The van der Waals surface area contributed by atoms with E-state index in [2.05, 4.69) is 120 Å². The number of para-hydroxylation sites is 2. The smallest absolute Gasteiger partial charge is 0.268 e. The molecule has 1 atom stereocenters. The number of fused-ring (bicyclic) bond motifs is 3. The molecular weight excluding hydrogens is 1000 g/mol. The minimum Gasteiger partial charge on any atom is -0.494 e. The van der Waals surface area contributed by atoms with E-state index >= 15 is 0 Å². The lowest BCUT2D eigenvalue weighted by atomic mass is 9.81. The molecule has 7 rings (SSSR count). The predicted molar refractivity (Wildman–Crippen MR) is 297 cm³/mol. The molecule has 77 heavy (non-hydrogen) atoms. The van der Waals surface area contributed by atoms with Crippen molar-refractivity contribution in [3.8, 4) is 11.8 Å². The lowest BCUT2D eigenvalue weighted by Crippen LogP contribution is -2.43. The number of likely N-dealkylation sites (N-methyl/N-ethyl adjacent to an activating group) is 1. The van der Waals surface area contributed by atoms with E-state index in [1.54, 1.807) is 24.3 Å². The minimum atomic E-state index is -4.01. The standard InChI is InChI=1S/C59H72F2N8O7S/c1-6-66(35-32-63-30-19-36-76-44-27-28-49-46(38-44)45(29-31-64-49)56(72)65-41-55(71)69-42-59(60,61)39-43(69)40-62)54(70)26-11-8-16-33-67-50-22-14-12-20-47(50)57(2,3)52(67)24-9-7-10-25-53-58(4,5)48-21-13-15-23-51(48)68(53)34-17-18-37-77(73,74)75/h7,9-10,12-15,20-25,27-29,31,38,43,63H,6,8,11,16-19,26,30,32-37,39,41-42H2,1-5H3,(H-,65,72,73,74,75)/p+1/t43-/m0/s1. The molecule has 0 aliphatic carbocycles. The Morgan fingerprint density at radius 3 is 2.47 bits per heavy atom. The number of amides is 3. The highest BCUT2D eigenvalue weighted by Crippen LogP contribution is 2.48.